The first-order chi connectivity index (χ1) is 12.8. The fourth-order valence-electron chi connectivity index (χ4n) is 3.29. The van der Waals surface area contributed by atoms with Crippen LogP contribution >= 0.6 is 11.6 Å². The summed E-state index contributed by atoms with van der Waals surface area (Å²) in [5.41, 5.74) is 0.665. The van der Waals surface area contributed by atoms with Crippen LogP contribution in [0.4, 0.5) is 4.39 Å². The largest absolute Gasteiger partial charge is 0.333 e. The SMILES string of the molecule is C=S1(=O)CCC(CCN(Cc2ccccc2F)C(=O)c2cc(Cl)[nH]n2)CC1. The number of nitrogens with zero attached hydrogens (tertiary/aromatic N) is 2. The van der Waals surface area contributed by atoms with E-state index in [9.17, 15) is 13.4 Å². The zero-order valence-corrected chi connectivity index (χ0v) is 16.6. The molecule has 1 aromatic carbocycles. The van der Waals surface area contributed by atoms with Crippen molar-refractivity contribution in [2.45, 2.75) is 25.8 Å². The van der Waals surface area contributed by atoms with Gasteiger partial charge < -0.3 is 4.90 Å². The van der Waals surface area contributed by atoms with Crippen molar-refractivity contribution in [1.29, 1.82) is 0 Å². The van der Waals surface area contributed by atoms with Crippen molar-refractivity contribution >= 4 is 32.9 Å². The van der Waals surface area contributed by atoms with Crippen molar-refractivity contribution in [1.82, 2.24) is 15.1 Å². The van der Waals surface area contributed by atoms with E-state index in [4.69, 9.17) is 11.6 Å². The van der Waals surface area contributed by atoms with E-state index < -0.39 is 9.52 Å². The normalized spacial score (nSPS) is 22.5. The highest BCUT2D eigenvalue weighted by Crippen LogP contribution is 2.23. The molecule has 146 valence electrons. The molecule has 0 radical (unpaired) electrons. The van der Waals surface area contributed by atoms with Crippen molar-refractivity contribution in [3.8, 4) is 0 Å². The quantitative estimate of drug-likeness (QED) is 0.741. The average molecular weight is 412 g/mol. The number of nitrogens with one attached hydrogen (secondary N) is 1. The molecule has 0 spiro atoms. The van der Waals surface area contributed by atoms with Crippen LogP contribution in [0.15, 0.2) is 30.3 Å². The van der Waals surface area contributed by atoms with Gasteiger partial charge in [-0.2, -0.15) is 5.10 Å². The van der Waals surface area contributed by atoms with E-state index in [1.165, 1.54) is 12.1 Å². The molecule has 0 atom stereocenters. The Morgan fingerprint density at radius 3 is 2.70 bits per heavy atom. The molecule has 1 aliphatic heterocycles. The second kappa shape index (κ2) is 8.44. The Balaban J connectivity index is 1.71. The van der Waals surface area contributed by atoms with E-state index >= 15 is 0 Å². The zero-order chi connectivity index (χ0) is 19.4. The molecular weight excluding hydrogens is 389 g/mol. The molecule has 1 N–H and O–H groups in total. The first-order valence-electron chi connectivity index (χ1n) is 8.90. The van der Waals surface area contributed by atoms with Gasteiger partial charge in [0, 0.05) is 36.2 Å². The molecule has 0 aliphatic carbocycles. The van der Waals surface area contributed by atoms with Crippen LogP contribution in [-0.4, -0.2) is 49.1 Å². The molecule has 27 heavy (non-hydrogen) atoms. The van der Waals surface area contributed by atoms with Gasteiger partial charge in [0.1, 0.15) is 11.0 Å². The number of carbonyl (C=O) groups is 1. The van der Waals surface area contributed by atoms with Gasteiger partial charge in [-0.1, -0.05) is 29.8 Å². The molecular formula is C19H23ClFN3O2S. The molecule has 0 bridgehead atoms. The van der Waals surface area contributed by atoms with Crippen LogP contribution in [0.5, 0.6) is 0 Å². The second-order valence-corrected chi connectivity index (χ2v) is 10.2. The van der Waals surface area contributed by atoms with E-state index in [2.05, 4.69) is 16.1 Å². The lowest BCUT2D eigenvalue weighted by atomic mass is 9.98. The third kappa shape index (κ3) is 5.32. The standard InChI is InChI=1S/C19H23ClFN3O2S/c1-27(26)10-7-14(8-11-27)6-9-24(13-15-4-2-3-5-16(15)21)19(25)17-12-18(20)23-22-17/h2-5,12,14H,1,6-11,13H2,(H,22,23). The predicted molar refractivity (Wildman–Crippen MR) is 107 cm³/mol. The zero-order valence-electron chi connectivity index (χ0n) is 15.0. The fraction of sp³-hybridized carbons (Fsp3) is 0.421. The molecule has 1 fully saturated rings. The molecule has 0 unspecified atom stereocenters. The van der Waals surface area contributed by atoms with Crippen LogP contribution in [0.1, 0.15) is 35.3 Å². The topological polar surface area (TPSA) is 66.1 Å². The van der Waals surface area contributed by atoms with Gasteiger partial charge in [0.15, 0.2) is 5.69 Å². The highest BCUT2D eigenvalue weighted by Gasteiger charge is 2.24. The number of H-pyrrole nitrogens is 1. The molecule has 1 aromatic heterocycles. The first kappa shape index (κ1) is 19.9. The number of rotatable bonds is 6. The number of carbonyl (C=O) groups excluding carboxylic acids is 1. The Bertz CT molecular complexity index is 899. The van der Waals surface area contributed by atoms with E-state index in [1.54, 1.807) is 23.1 Å². The summed E-state index contributed by atoms with van der Waals surface area (Å²) in [4.78, 5) is 14.5. The van der Waals surface area contributed by atoms with Crippen LogP contribution < -0.4 is 0 Å². The van der Waals surface area contributed by atoms with E-state index in [1.807, 2.05) is 0 Å². The maximum absolute atomic E-state index is 14.1. The third-order valence-electron chi connectivity index (χ3n) is 4.98. The number of aromatic nitrogens is 2. The number of benzene rings is 1. The summed E-state index contributed by atoms with van der Waals surface area (Å²) in [6.07, 6.45) is 2.46. The fourth-order valence-corrected chi connectivity index (χ4v) is 5.17. The molecule has 2 heterocycles. The van der Waals surface area contributed by atoms with Crippen LogP contribution in [-0.2, 0) is 16.1 Å². The van der Waals surface area contributed by atoms with Crippen LogP contribution in [0, 0.1) is 11.7 Å². The van der Waals surface area contributed by atoms with Gasteiger partial charge in [0.2, 0.25) is 0 Å². The number of halogens is 2. The summed E-state index contributed by atoms with van der Waals surface area (Å²) in [5, 5.41) is 6.75. The van der Waals surface area contributed by atoms with Crippen LogP contribution in [0.3, 0.4) is 0 Å². The van der Waals surface area contributed by atoms with Crippen LogP contribution in [0.2, 0.25) is 5.15 Å². The van der Waals surface area contributed by atoms with Crippen molar-refractivity contribution in [2.75, 3.05) is 18.1 Å². The van der Waals surface area contributed by atoms with Gasteiger partial charge >= 0.3 is 0 Å². The number of hydrogen-bond acceptors (Lipinski definition) is 3. The Morgan fingerprint density at radius 1 is 1.37 bits per heavy atom. The van der Waals surface area contributed by atoms with Gasteiger partial charge in [-0.05, 0) is 46.6 Å². The highest BCUT2D eigenvalue weighted by molar-refractivity contribution is 8.00. The summed E-state index contributed by atoms with van der Waals surface area (Å²) >= 11 is 5.84. The maximum Gasteiger partial charge on any atom is 0.274 e. The molecule has 2 aromatic rings. The average Bonchev–Trinajstić information content (AvgIpc) is 3.07. The molecule has 1 aliphatic rings. The maximum atomic E-state index is 14.1. The molecule has 3 rings (SSSR count). The lowest BCUT2D eigenvalue weighted by Gasteiger charge is -2.28. The smallest absolute Gasteiger partial charge is 0.274 e. The molecule has 8 heteroatoms. The molecule has 5 nitrogen and oxygen atoms in total. The van der Waals surface area contributed by atoms with Crippen LogP contribution in [0.25, 0.3) is 0 Å². The lowest BCUT2D eigenvalue weighted by molar-refractivity contribution is 0.0724. The Morgan fingerprint density at radius 2 is 2.07 bits per heavy atom. The van der Waals surface area contributed by atoms with Gasteiger partial charge in [-0.3, -0.25) is 14.1 Å². The molecule has 0 saturated carbocycles. The summed E-state index contributed by atoms with van der Waals surface area (Å²) < 4.78 is 26.1. The minimum Gasteiger partial charge on any atom is -0.333 e. The summed E-state index contributed by atoms with van der Waals surface area (Å²) in [6.45, 7) is 0.634. The molecule has 1 saturated heterocycles. The number of hydrogen-bond donors (Lipinski definition) is 1. The first-order valence-corrected chi connectivity index (χ1v) is 11.3. The van der Waals surface area contributed by atoms with Gasteiger partial charge in [-0.15, -0.1) is 0 Å². The number of amides is 1. The van der Waals surface area contributed by atoms with E-state index in [0.717, 1.165) is 19.3 Å². The van der Waals surface area contributed by atoms with Crippen molar-refractivity contribution in [3.05, 3.63) is 52.6 Å². The Hall–Kier alpha value is -1.86. The van der Waals surface area contributed by atoms with E-state index in [-0.39, 0.29) is 29.1 Å². The number of aromatic amines is 1. The summed E-state index contributed by atoms with van der Waals surface area (Å²) in [6, 6.07) is 7.90. The molecule has 1 amide bonds. The lowest BCUT2D eigenvalue weighted by Crippen LogP contribution is -2.34. The minimum absolute atomic E-state index is 0.161. The van der Waals surface area contributed by atoms with E-state index in [0.29, 0.717) is 29.5 Å². The van der Waals surface area contributed by atoms with Gasteiger partial charge in [0.25, 0.3) is 5.91 Å². The monoisotopic (exact) mass is 411 g/mol. The van der Waals surface area contributed by atoms with Gasteiger partial charge in [0.05, 0.1) is 0 Å². The van der Waals surface area contributed by atoms with Crippen molar-refractivity contribution in [2.24, 2.45) is 5.92 Å². The highest BCUT2D eigenvalue weighted by atomic mass is 35.5. The predicted octanol–water partition coefficient (Wildman–Crippen LogP) is 3.36. The third-order valence-corrected chi connectivity index (χ3v) is 7.13. The Labute approximate surface area is 163 Å². The Kier molecular flexibility index (Phi) is 6.22. The second-order valence-electron chi connectivity index (χ2n) is 7.03. The van der Waals surface area contributed by atoms with Gasteiger partial charge in [-0.25, -0.2) is 4.39 Å². The van der Waals surface area contributed by atoms with Crippen molar-refractivity contribution < 1.29 is 13.4 Å². The summed E-state index contributed by atoms with van der Waals surface area (Å²) in [5.74, 6) is 4.81. The van der Waals surface area contributed by atoms with Crippen molar-refractivity contribution in [3.63, 3.8) is 0 Å². The minimum atomic E-state index is -1.92. The summed E-state index contributed by atoms with van der Waals surface area (Å²) in [7, 11) is -1.92.